The first-order valence-corrected chi connectivity index (χ1v) is 5.77. The van der Waals surface area contributed by atoms with Gasteiger partial charge in [0.25, 0.3) is 0 Å². The molecule has 18 heavy (non-hydrogen) atoms. The van der Waals surface area contributed by atoms with Crippen molar-refractivity contribution in [1.29, 1.82) is 0 Å². The van der Waals surface area contributed by atoms with E-state index in [1.807, 2.05) is 0 Å². The molecular weight excluding hydrogens is 245 g/mol. The lowest BCUT2D eigenvalue weighted by atomic mass is 10.1. The largest absolute Gasteiger partial charge is 0.371 e. The van der Waals surface area contributed by atoms with E-state index in [0.717, 1.165) is 25.0 Å². The van der Waals surface area contributed by atoms with Gasteiger partial charge in [0.05, 0.1) is 5.69 Å². The van der Waals surface area contributed by atoms with Crippen LogP contribution in [0.15, 0.2) is 12.1 Å². The smallest absolute Gasteiger partial charge is 0.242 e. The number of halogens is 3. The summed E-state index contributed by atoms with van der Waals surface area (Å²) in [6, 6.07) is 1.30. The molecule has 0 aliphatic carbocycles. The molecule has 1 aliphatic heterocycles. The van der Waals surface area contributed by atoms with Gasteiger partial charge >= 0.3 is 0 Å². The van der Waals surface area contributed by atoms with Crippen LogP contribution in [0.3, 0.4) is 0 Å². The van der Waals surface area contributed by atoms with Crippen LogP contribution >= 0.6 is 0 Å². The minimum absolute atomic E-state index is 0.198. The van der Waals surface area contributed by atoms with E-state index >= 15 is 0 Å². The van der Waals surface area contributed by atoms with Gasteiger partial charge in [0.1, 0.15) is 6.04 Å². The van der Waals surface area contributed by atoms with Crippen molar-refractivity contribution in [2.75, 3.05) is 11.9 Å². The topological polar surface area (TPSA) is 41.1 Å². The summed E-state index contributed by atoms with van der Waals surface area (Å²) in [5.74, 6) is -4.33. The Morgan fingerprint density at radius 3 is 2.72 bits per heavy atom. The molecule has 1 fully saturated rings. The third-order valence-corrected chi connectivity index (χ3v) is 2.90. The van der Waals surface area contributed by atoms with Crippen LogP contribution in [-0.4, -0.2) is 18.5 Å². The number of amides is 1. The lowest BCUT2D eigenvalue weighted by Crippen LogP contribution is -2.38. The molecule has 0 bridgehead atoms. The molecule has 1 aliphatic rings. The molecule has 1 aromatic rings. The van der Waals surface area contributed by atoms with Crippen molar-refractivity contribution in [3.8, 4) is 0 Å². The molecule has 1 atom stereocenters. The fraction of sp³-hybridized carbons (Fsp3) is 0.417. The highest BCUT2D eigenvalue weighted by molar-refractivity contribution is 5.84. The summed E-state index contributed by atoms with van der Waals surface area (Å²) >= 11 is 0. The Balaban J connectivity index is 2.18. The second-order valence-electron chi connectivity index (χ2n) is 4.21. The number of nitrogens with one attached hydrogen (secondary N) is 2. The molecular formula is C12H13F3N2O. The average Bonchev–Trinajstić information content (AvgIpc) is 2.56. The number of carbonyl (C=O) groups excluding carboxylic acids is 1. The highest BCUT2D eigenvalue weighted by atomic mass is 19.2. The van der Waals surface area contributed by atoms with E-state index in [9.17, 15) is 18.0 Å². The maximum atomic E-state index is 13.4. The van der Waals surface area contributed by atoms with E-state index in [2.05, 4.69) is 10.6 Å². The van der Waals surface area contributed by atoms with Crippen LogP contribution < -0.4 is 10.6 Å². The molecule has 6 heteroatoms. The maximum absolute atomic E-state index is 13.4. The van der Waals surface area contributed by atoms with Crippen molar-refractivity contribution in [3.63, 3.8) is 0 Å². The Kier molecular flexibility index (Phi) is 3.74. The molecule has 1 saturated heterocycles. The molecule has 1 unspecified atom stereocenters. The van der Waals surface area contributed by atoms with Gasteiger partial charge in [-0.05, 0) is 31.4 Å². The molecule has 0 saturated carbocycles. The van der Waals surface area contributed by atoms with Crippen LogP contribution in [0, 0.1) is 17.5 Å². The summed E-state index contributed by atoms with van der Waals surface area (Å²) in [6.45, 7) is 0.581. The highest BCUT2D eigenvalue weighted by Gasteiger charge is 2.22. The van der Waals surface area contributed by atoms with Gasteiger partial charge in [-0.3, -0.25) is 4.79 Å². The number of hydrogen-bond acceptors (Lipinski definition) is 2. The Morgan fingerprint density at radius 1 is 1.17 bits per heavy atom. The van der Waals surface area contributed by atoms with Crippen LogP contribution in [0.1, 0.15) is 19.3 Å². The van der Waals surface area contributed by atoms with Gasteiger partial charge < -0.3 is 10.6 Å². The van der Waals surface area contributed by atoms with Crippen molar-refractivity contribution in [1.82, 2.24) is 5.32 Å². The number of rotatable bonds is 2. The summed E-state index contributed by atoms with van der Waals surface area (Å²) in [4.78, 5) is 11.6. The standard InChI is InChI=1S/C12H13F3N2O/c13-7-4-5-8(11(15)10(7)14)17-9-3-1-2-6-16-12(9)18/h4-5,9,17H,1-3,6H2,(H,16,18). The van der Waals surface area contributed by atoms with Crippen molar-refractivity contribution < 1.29 is 18.0 Å². The molecule has 2 N–H and O–H groups in total. The zero-order valence-corrected chi connectivity index (χ0v) is 9.60. The second kappa shape index (κ2) is 5.29. The van der Waals surface area contributed by atoms with Crippen LogP contribution in [0.5, 0.6) is 0 Å². The molecule has 2 rings (SSSR count). The Hall–Kier alpha value is -1.72. The zero-order valence-electron chi connectivity index (χ0n) is 9.60. The molecule has 0 radical (unpaired) electrons. The van der Waals surface area contributed by atoms with E-state index in [4.69, 9.17) is 0 Å². The Bertz CT molecular complexity index is 465. The fourth-order valence-electron chi connectivity index (χ4n) is 1.90. The van der Waals surface area contributed by atoms with Crippen LogP contribution in [0.2, 0.25) is 0 Å². The highest BCUT2D eigenvalue weighted by Crippen LogP contribution is 2.21. The first kappa shape index (κ1) is 12.7. The number of carbonyl (C=O) groups is 1. The summed E-state index contributed by atoms with van der Waals surface area (Å²) in [5, 5.41) is 5.28. The van der Waals surface area contributed by atoms with Gasteiger partial charge in [0.15, 0.2) is 17.5 Å². The van der Waals surface area contributed by atoms with Gasteiger partial charge in [0, 0.05) is 6.54 Å². The molecule has 1 heterocycles. The quantitative estimate of drug-likeness (QED) is 0.798. The van der Waals surface area contributed by atoms with Crippen LogP contribution in [0.4, 0.5) is 18.9 Å². The average molecular weight is 258 g/mol. The summed E-state index contributed by atoms with van der Waals surface area (Å²) in [5.41, 5.74) is -0.198. The van der Waals surface area contributed by atoms with E-state index in [0.29, 0.717) is 13.0 Å². The molecule has 1 amide bonds. The normalized spacial score (nSPS) is 20.2. The van der Waals surface area contributed by atoms with Crippen LogP contribution in [-0.2, 0) is 4.79 Å². The first-order valence-electron chi connectivity index (χ1n) is 5.77. The van der Waals surface area contributed by atoms with Gasteiger partial charge in [-0.25, -0.2) is 13.2 Å². The lowest BCUT2D eigenvalue weighted by Gasteiger charge is -2.17. The monoisotopic (exact) mass is 258 g/mol. The number of hydrogen-bond donors (Lipinski definition) is 2. The van der Waals surface area contributed by atoms with Crippen molar-refractivity contribution in [3.05, 3.63) is 29.6 Å². The lowest BCUT2D eigenvalue weighted by molar-refractivity contribution is -0.121. The summed E-state index contributed by atoms with van der Waals surface area (Å²) in [7, 11) is 0. The van der Waals surface area contributed by atoms with Crippen LogP contribution in [0.25, 0.3) is 0 Å². The molecule has 0 spiro atoms. The second-order valence-corrected chi connectivity index (χ2v) is 4.21. The number of benzene rings is 1. The SMILES string of the molecule is O=C1NCCCCC1Nc1ccc(F)c(F)c1F. The van der Waals surface area contributed by atoms with Crippen molar-refractivity contribution in [2.45, 2.75) is 25.3 Å². The summed E-state index contributed by atoms with van der Waals surface area (Å²) in [6.07, 6.45) is 2.19. The molecule has 98 valence electrons. The van der Waals surface area contributed by atoms with Crippen molar-refractivity contribution >= 4 is 11.6 Å². The molecule has 0 aromatic heterocycles. The first-order chi connectivity index (χ1) is 8.59. The number of anilines is 1. The van der Waals surface area contributed by atoms with E-state index in [1.165, 1.54) is 0 Å². The minimum atomic E-state index is -1.53. The Morgan fingerprint density at radius 2 is 1.94 bits per heavy atom. The predicted molar refractivity (Wildman–Crippen MR) is 60.6 cm³/mol. The summed E-state index contributed by atoms with van der Waals surface area (Å²) < 4.78 is 39.2. The van der Waals surface area contributed by atoms with Gasteiger partial charge in [-0.2, -0.15) is 0 Å². The van der Waals surface area contributed by atoms with E-state index in [1.54, 1.807) is 0 Å². The Labute approximate surface area is 102 Å². The van der Waals surface area contributed by atoms with E-state index < -0.39 is 23.5 Å². The van der Waals surface area contributed by atoms with Gasteiger partial charge in [-0.15, -0.1) is 0 Å². The minimum Gasteiger partial charge on any atom is -0.371 e. The molecule has 3 nitrogen and oxygen atoms in total. The van der Waals surface area contributed by atoms with Crippen molar-refractivity contribution in [2.24, 2.45) is 0 Å². The van der Waals surface area contributed by atoms with E-state index in [-0.39, 0.29) is 11.6 Å². The molecule has 1 aromatic carbocycles. The van der Waals surface area contributed by atoms with Gasteiger partial charge in [0.2, 0.25) is 5.91 Å². The van der Waals surface area contributed by atoms with Gasteiger partial charge in [-0.1, -0.05) is 0 Å². The third kappa shape index (κ3) is 2.57. The zero-order chi connectivity index (χ0) is 13.1. The fourth-order valence-corrected chi connectivity index (χ4v) is 1.90. The maximum Gasteiger partial charge on any atom is 0.242 e. The predicted octanol–water partition coefficient (Wildman–Crippen LogP) is 2.18. The third-order valence-electron chi connectivity index (χ3n) is 2.90.